The molecule has 0 saturated carbocycles. The van der Waals surface area contributed by atoms with Crippen molar-refractivity contribution in [1.82, 2.24) is 0 Å². The van der Waals surface area contributed by atoms with E-state index < -0.39 is 20.2 Å². The summed E-state index contributed by atoms with van der Waals surface area (Å²) in [6.45, 7) is 27.4. The highest BCUT2D eigenvalue weighted by molar-refractivity contribution is 9.11. The van der Waals surface area contributed by atoms with Gasteiger partial charge < -0.3 is 47.8 Å². The maximum absolute atomic E-state index is 14.3. The number of hydrogen-bond donors (Lipinski definition) is 2. The van der Waals surface area contributed by atoms with Gasteiger partial charge in [-0.3, -0.25) is 4.79 Å². The quantitative estimate of drug-likeness (QED) is 0.0959. The number of hydrogen-bond acceptors (Lipinski definition) is 11. The van der Waals surface area contributed by atoms with Gasteiger partial charge in [0.1, 0.15) is 36.3 Å². The first-order chi connectivity index (χ1) is 28.3. The van der Waals surface area contributed by atoms with E-state index in [1.165, 1.54) is 0 Å². The molecule has 11 nitrogen and oxygen atoms in total. The molecule has 18 atom stereocenters. The lowest BCUT2D eigenvalue weighted by Gasteiger charge is -2.47. The number of halogens is 1. The van der Waals surface area contributed by atoms with Crippen molar-refractivity contribution in [2.75, 3.05) is 13.2 Å². The SMILES string of the molecule is C=C(Br)C[C@H](O)CC[C@@]12C[C@H]3O[C@H]4[C@@H](O1)[C@H]1O[C@@H](CC(=O)C[C@@H]5[C@@H](C)[C@@H](C[C@H](C)CO[Si](C)(C)C(C)(C)C)O[C@H]5CC5O[C@@H](CCCO)C[C@@H](C)C5=C)CC[C@@H]1O[C@H]4[C@H]3O2. The summed E-state index contributed by atoms with van der Waals surface area (Å²) in [6, 6.07) is 0. The molecule has 0 aliphatic carbocycles. The van der Waals surface area contributed by atoms with Gasteiger partial charge in [0.25, 0.3) is 0 Å². The second kappa shape index (κ2) is 19.1. The third-order valence-electron chi connectivity index (χ3n) is 15.7. The molecule has 60 heavy (non-hydrogen) atoms. The summed E-state index contributed by atoms with van der Waals surface area (Å²) in [6.07, 6.45) is 5.60. The first-order valence-corrected chi connectivity index (χ1v) is 27.1. The highest BCUT2D eigenvalue weighted by Gasteiger charge is 2.68. The largest absolute Gasteiger partial charge is 0.417 e. The zero-order valence-corrected chi connectivity index (χ0v) is 40.4. The fourth-order valence-corrected chi connectivity index (χ4v) is 12.6. The number of Topliss-reactive ketones (excluding diaryl/α,β-unsaturated/α-hetero) is 1. The highest BCUT2D eigenvalue weighted by Crippen LogP contribution is 2.54. The summed E-state index contributed by atoms with van der Waals surface area (Å²) in [5.74, 6) is 0.157. The van der Waals surface area contributed by atoms with E-state index in [0.717, 1.165) is 42.2 Å². The van der Waals surface area contributed by atoms with Gasteiger partial charge in [-0.2, -0.15) is 0 Å². The Morgan fingerprint density at radius 2 is 1.68 bits per heavy atom. The molecule has 13 heteroatoms. The van der Waals surface area contributed by atoms with Crippen molar-refractivity contribution in [3.8, 4) is 0 Å². The van der Waals surface area contributed by atoms with Crippen molar-refractivity contribution < 1.29 is 52.6 Å². The summed E-state index contributed by atoms with van der Waals surface area (Å²) in [5, 5.41) is 20.4. The summed E-state index contributed by atoms with van der Waals surface area (Å²) < 4.78 is 54.7. The van der Waals surface area contributed by atoms with Crippen molar-refractivity contribution in [2.24, 2.45) is 23.7 Å². The molecule has 8 aliphatic heterocycles. The molecule has 0 aromatic carbocycles. The minimum Gasteiger partial charge on any atom is -0.417 e. The van der Waals surface area contributed by atoms with Crippen LogP contribution in [0.2, 0.25) is 18.1 Å². The zero-order chi connectivity index (χ0) is 43.3. The Morgan fingerprint density at radius 3 is 2.40 bits per heavy atom. The van der Waals surface area contributed by atoms with E-state index in [0.29, 0.717) is 69.8 Å². The van der Waals surface area contributed by atoms with E-state index in [-0.39, 0.29) is 103 Å². The standard InChI is InChI=1S/C47H77BrO11Si/c1-26(25-52-60(9,10)46(6,7)8)18-37-30(5)35(39(55-37)23-38-29(4)27(2)19-33(53-38)12-11-17-49)22-32(51)21-34-13-14-36-41(54-34)45-44-43(56-36)42-40(57-44)24-47(58-42,59-45)16-15-31(50)20-28(3)48/h26-27,30-31,33-45,49-50H,3-4,11-25H2,1-2,5-10H3/t26-,27+,30+,31+,33-,34+,35+,36-,37+,38?,39-,40+,41-,42-,43-,44+,45-,47-/m0/s1. The van der Waals surface area contributed by atoms with E-state index in [1.807, 2.05) is 0 Å². The molecule has 8 aliphatic rings. The molecule has 8 fully saturated rings. The summed E-state index contributed by atoms with van der Waals surface area (Å²) in [5.41, 5.74) is 1.10. The van der Waals surface area contributed by atoms with Gasteiger partial charge in [0.15, 0.2) is 14.1 Å². The normalized spacial score (nSPS) is 42.2. The molecule has 6 bridgehead atoms. The van der Waals surface area contributed by atoms with Crippen LogP contribution in [0, 0.1) is 23.7 Å². The molecule has 8 rings (SSSR count). The molecule has 0 amide bonds. The first-order valence-electron chi connectivity index (χ1n) is 23.4. The molecule has 0 spiro atoms. The predicted octanol–water partition coefficient (Wildman–Crippen LogP) is 8.32. The van der Waals surface area contributed by atoms with E-state index in [9.17, 15) is 15.0 Å². The molecule has 8 saturated heterocycles. The van der Waals surface area contributed by atoms with E-state index in [1.54, 1.807) is 0 Å². The molecule has 1 unspecified atom stereocenters. The van der Waals surface area contributed by atoms with Gasteiger partial charge in [0, 0.05) is 51.7 Å². The van der Waals surface area contributed by atoms with Gasteiger partial charge in [0.05, 0.1) is 48.8 Å². The molecule has 342 valence electrons. The van der Waals surface area contributed by atoms with Crippen LogP contribution in [0.1, 0.15) is 125 Å². The number of ketones is 1. The van der Waals surface area contributed by atoms with Gasteiger partial charge in [0.2, 0.25) is 0 Å². The van der Waals surface area contributed by atoms with Crippen LogP contribution in [0.4, 0.5) is 0 Å². The van der Waals surface area contributed by atoms with Crippen LogP contribution in [-0.4, -0.2) is 123 Å². The predicted molar refractivity (Wildman–Crippen MR) is 235 cm³/mol. The van der Waals surface area contributed by atoms with Crippen molar-refractivity contribution in [3.63, 3.8) is 0 Å². The van der Waals surface area contributed by atoms with Gasteiger partial charge in [-0.25, -0.2) is 0 Å². The van der Waals surface area contributed by atoms with Crippen molar-refractivity contribution in [1.29, 1.82) is 0 Å². The second-order valence-electron chi connectivity index (χ2n) is 21.4. The monoisotopic (exact) mass is 924 g/mol. The Bertz CT molecular complexity index is 1520. The minimum absolute atomic E-state index is 0.00659. The maximum atomic E-state index is 14.3. The second-order valence-corrected chi connectivity index (χ2v) is 27.4. The van der Waals surface area contributed by atoms with Crippen LogP contribution in [0.15, 0.2) is 23.2 Å². The average molecular weight is 926 g/mol. The van der Waals surface area contributed by atoms with Crippen molar-refractivity contribution >= 4 is 30.0 Å². The van der Waals surface area contributed by atoms with Gasteiger partial charge in [-0.05, 0) is 96.8 Å². The van der Waals surface area contributed by atoms with E-state index >= 15 is 0 Å². The molecule has 0 radical (unpaired) electrons. The molecule has 0 aromatic heterocycles. The topological polar surface area (TPSA) is 131 Å². The van der Waals surface area contributed by atoms with Crippen molar-refractivity contribution in [3.05, 3.63) is 23.2 Å². The lowest BCUT2D eigenvalue weighted by molar-refractivity contribution is -0.292. The first kappa shape index (κ1) is 47.4. The van der Waals surface area contributed by atoms with Gasteiger partial charge >= 0.3 is 0 Å². The lowest BCUT2D eigenvalue weighted by atomic mass is 9.78. The summed E-state index contributed by atoms with van der Waals surface area (Å²) in [4.78, 5) is 14.3. The number of carbonyl (C=O) groups is 1. The number of rotatable bonds is 19. The van der Waals surface area contributed by atoms with Crippen LogP contribution in [0.25, 0.3) is 0 Å². The number of aliphatic hydroxyl groups is 2. The van der Waals surface area contributed by atoms with Gasteiger partial charge in [-0.1, -0.05) is 70.6 Å². The number of ether oxygens (including phenoxy) is 7. The Balaban J connectivity index is 1.01. The Hall–Kier alpha value is -0.553. The van der Waals surface area contributed by atoms with Crippen molar-refractivity contribution in [2.45, 2.75) is 228 Å². The molecular weight excluding hydrogens is 848 g/mol. The third kappa shape index (κ3) is 10.4. The van der Waals surface area contributed by atoms with Crippen LogP contribution in [-0.2, 0) is 42.4 Å². The zero-order valence-electron chi connectivity index (χ0n) is 37.8. The Labute approximate surface area is 369 Å². The lowest BCUT2D eigenvalue weighted by Crippen LogP contribution is -2.61. The summed E-state index contributed by atoms with van der Waals surface area (Å²) in [7, 11) is -1.90. The molecular formula is C47H77BrO11Si. The molecule has 8 heterocycles. The van der Waals surface area contributed by atoms with Crippen LogP contribution < -0.4 is 0 Å². The maximum Gasteiger partial charge on any atom is 0.191 e. The Kier molecular flexibility index (Phi) is 15.1. The van der Waals surface area contributed by atoms with E-state index in [4.69, 9.17) is 37.6 Å². The van der Waals surface area contributed by atoms with Gasteiger partial charge in [-0.15, -0.1) is 0 Å². The Morgan fingerprint density at radius 1 is 0.967 bits per heavy atom. The van der Waals surface area contributed by atoms with Crippen LogP contribution >= 0.6 is 15.9 Å². The van der Waals surface area contributed by atoms with E-state index in [2.05, 4.69) is 83.7 Å². The molecule has 0 aromatic rings. The number of carbonyl (C=O) groups excluding carboxylic acids is 1. The average Bonchev–Trinajstić information content (AvgIpc) is 3.71. The highest BCUT2D eigenvalue weighted by atomic mass is 79.9. The molecule has 2 N–H and O–H groups in total. The number of fused-ring (bicyclic) bond motifs is 1. The fraction of sp³-hybridized carbons (Fsp3) is 0.894. The third-order valence-corrected chi connectivity index (χ3v) is 20.5. The van der Waals surface area contributed by atoms with Crippen LogP contribution in [0.5, 0.6) is 0 Å². The number of aliphatic hydroxyl groups excluding tert-OH is 2. The fourth-order valence-electron chi connectivity index (χ4n) is 11.0. The van der Waals surface area contributed by atoms with Crippen LogP contribution in [0.3, 0.4) is 0 Å². The minimum atomic E-state index is -1.90. The smallest absolute Gasteiger partial charge is 0.191 e. The summed E-state index contributed by atoms with van der Waals surface area (Å²) >= 11 is 3.38.